The number of hydrogen-bond acceptors (Lipinski definition) is 2. The lowest BCUT2D eigenvalue weighted by molar-refractivity contribution is 0.0552. The van der Waals surface area contributed by atoms with Crippen LogP contribution in [-0.2, 0) is 5.60 Å². The number of aromatic nitrogens is 1. The van der Waals surface area contributed by atoms with E-state index < -0.39 is 5.60 Å². The molecule has 2 heteroatoms. The first-order valence-electron chi connectivity index (χ1n) is 8.00. The van der Waals surface area contributed by atoms with Crippen LogP contribution < -0.4 is 0 Å². The van der Waals surface area contributed by atoms with E-state index in [1.165, 1.54) is 0 Å². The van der Waals surface area contributed by atoms with E-state index in [-0.39, 0.29) is 5.92 Å². The van der Waals surface area contributed by atoms with E-state index in [9.17, 15) is 5.11 Å². The van der Waals surface area contributed by atoms with Gasteiger partial charge in [0.05, 0.1) is 5.52 Å². The predicted molar refractivity (Wildman–Crippen MR) is 93.2 cm³/mol. The molecular formula is C21H19NO. The third-order valence-corrected chi connectivity index (χ3v) is 4.96. The largest absolute Gasteiger partial charge is 0.380 e. The van der Waals surface area contributed by atoms with Gasteiger partial charge in [-0.05, 0) is 36.6 Å². The molecular weight excluding hydrogens is 282 g/mol. The summed E-state index contributed by atoms with van der Waals surface area (Å²) in [6.07, 6.45) is 2.94. The summed E-state index contributed by atoms with van der Waals surface area (Å²) in [5, 5.41) is 12.6. The fourth-order valence-electron chi connectivity index (χ4n) is 3.63. The maximum Gasteiger partial charge on any atom is 0.119 e. The van der Waals surface area contributed by atoms with Gasteiger partial charge in [-0.2, -0.15) is 0 Å². The van der Waals surface area contributed by atoms with Gasteiger partial charge in [0.15, 0.2) is 0 Å². The van der Waals surface area contributed by atoms with Crippen LogP contribution in [0.4, 0.5) is 0 Å². The third-order valence-electron chi connectivity index (χ3n) is 4.96. The minimum Gasteiger partial charge on any atom is -0.380 e. The molecule has 0 spiro atoms. The lowest BCUT2D eigenvalue weighted by Gasteiger charge is -2.32. The highest BCUT2D eigenvalue weighted by atomic mass is 16.3. The van der Waals surface area contributed by atoms with Crippen LogP contribution in [0.25, 0.3) is 10.9 Å². The van der Waals surface area contributed by atoms with Gasteiger partial charge in [0.25, 0.3) is 0 Å². The molecule has 1 aliphatic rings. The Balaban J connectivity index is 1.83. The van der Waals surface area contributed by atoms with E-state index in [0.29, 0.717) is 0 Å². The Hall–Kier alpha value is -2.45. The van der Waals surface area contributed by atoms with Crippen molar-refractivity contribution in [2.45, 2.75) is 24.9 Å². The van der Waals surface area contributed by atoms with Crippen LogP contribution in [0.3, 0.4) is 0 Å². The molecule has 0 bridgehead atoms. The van der Waals surface area contributed by atoms with Gasteiger partial charge >= 0.3 is 0 Å². The number of para-hydroxylation sites is 1. The molecule has 1 N–H and O–H groups in total. The highest BCUT2D eigenvalue weighted by molar-refractivity contribution is 5.78. The molecule has 0 radical (unpaired) electrons. The Morgan fingerprint density at radius 2 is 1.70 bits per heavy atom. The van der Waals surface area contributed by atoms with Crippen molar-refractivity contribution in [3.63, 3.8) is 0 Å². The van der Waals surface area contributed by atoms with Crippen molar-refractivity contribution >= 4 is 10.9 Å². The van der Waals surface area contributed by atoms with Gasteiger partial charge in [0.2, 0.25) is 0 Å². The highest BCUT2D eigenvalue weighted by Crippen LogP contribution is 2.48. The number of allylic oxidation sites excluding steroid dienone is 1. The molecule has 2 unspecified atom stereocenters. The SMILES string of the molecule is CC1=CCC(c2ccc3ccccc3n2)C1(O)c1ccccc1. The summed E-state index contributed by atoms with van der Waals surface area (Å²) in [7, 11) is 0. The highest BCUT2D eigenvalue weighted by Gasteiger charge is 2.44. The van der Waals surface area contributed by atoms with E-state index in [4.69, 9.17) is 4.98 Å². The standard InChI is InChI=1S/C21H19NO/c1-15-11-13-18(21(15,23)17-8-3-2-4-9-17)20-14-12-16-7-5-6-10-19(16)22-20/h2-12,14,18,23H,13H2,1H3. The molecule has 0 fully saturated rings. The van der Waals surface area contributed by atoms with Crippen molar-refractivity contribution in [1.82, 2.24) is 4.98 Å². The first kappa shape index (κ1) is 14.2. The quantitative estimate of drug-likeness (QED) is 0.704. The minimum atomic E-state index is -0.975. The van der Waals surface area contributed by atoms with Gasteiger partial charge in [-0.1, -0.05) is 60.7 Å². The van der Waals surface area contributed by atoms with Crippen LogP contribution in [0.5, 0.6) is 0 Å². The van der Waals surface area contributed by atoms with Crippen molar-refractivity contribution in [3.05, 3.63) is 89.6 Å². The van der Waals surface area contributed by atoms with Gasteiger partial charge in [0, 0.05) is 17.0 Å². The molecule has 3 aromatic rings. The lowest BCUT2D eigenvalue weighted by atomic mass is 9.78. The van der Waals surface area contributed by atoms with Gasteiger partial charge in [0.1, 0.15) is 5.60 Å². The smallest absolute Gasteiger partial charge is 0.119 e. The zero-order valence-corrected chi connectivity index (χ0v) is 13.1. The average molecular weight is 301 g/mol. The number of fused-ring (bicyclic) bond motifs is 1. The van der Waals surface area contributed by atoms with Crippen molar-refractivity contribution in [1.29, 1.82) is 0 Å². The lowest BCUT2D eigenvalue weighted by Crippen LogP contribution is -2.31. The fourth-order valence-corrected chi connectivity index (χ4v) is 3.63. The van der Waals surface area contributed by atoms with Crippen LogP contribution in [0, 0.1) is 0 Å². The van der Waals surface area contributed by atoms with Crippen molar-refractivity contribution < 1.29 is 5.11 Å². The molecule has 0 aliphatic heterocycles. The second-order valence-corrected chi connectivity index (χ2v) is 6.24. The van der Waals surface area contributed by atoms with E-state index in [1.54, 1.807) is 0 Å². The summed E-state index contributed by atoms with van der Waals surface area (Å²) in [6, 6.07) is 22.2. The monoisotopic (exact) mass is 301 g/mol. The minimum absolute atomic E-state index is 0.0468. The molecule has 1 aliphatic carbocycles. The van der Waals surface area contributed by atoms with Gasteiger partial charge in [-0.3, -0.25) is 4.98 Å². The fraction of sp³-hybridized carbons (Fsp3) is 0.190. The molecule has 2 aromatic carbocycles. The number of aliphatic hydroxyl groups is 1. The maximum atomic E-state index is 11.5. The maximum absolute atomic E-state index is 11.5. The Bertz CT molecular complexity index is 884. The Morgan fingerprint density at radius 3 is 2.52 bits per heavy atom. The van der Waals surface area contributed by atoms with Crippen LogP contribution in [0.2, 0.25) is 0 Å². The molecule has 1 heterocycles. The van der Waals surface area contributed by atoms with Crippen LogP contribution in [0.1, 0.15) is 30.5 Å². The number of nitrogens with zero attached hydrogens (tertiary/aromatic N) is 1. The molecule has 23 heavy (non-hydrogen) atoms. The van der Waals surface area contributed by atoms with E-state index >= 15 is 0 Å². The van der Waals surface area contributed by atoms with Crippen molar-refractivity contribution in [2.75, 3.05) is 0 Å². The third kappa shape index (κ3) is 2.18. The molecule has 0 saturated carbocycles. The first-order chi connectivity index (χ1) is 11.2. The van der Waals surface area contributed by atoms with Crippen LogP contribution in [-0.4, -0.2) is 10.1 Å². The topological polar surface area (TPSA) is 33.1 Å². The molecule has 2 atom stereocenters. The van der Waals surface area contributed by atoms with Gasteiger partial charge in [-0.25, -0.2) is 0 Å². The Kier molecular flexibility index (Phi) is 3.28. The number of rotatable bonds is 2. The number of pyridine rings is 1. The number of hydrogen-bond donors (Lipinski definition) is 1. The van der Waals surface area contributed by atoms with E-state index in [0.717, 1.165) is 34.2 Å². The predicted octanol–water partition coefficient (Wildman–Crippen LogP) is 4.56. The van der Waals surface area contributed by atoms with E-state index in [2.05, 4.69) is 18.2 Å². The normalized spacial score (nSPS) is 23.9. The molecule has 0 saturated heterocycles. The second kappa shape index (κ2) is 5.32. The second-order valence-electron chi connectivity index (χ2n) is 6.24. The zero-order valence-electron chi connectivity index (χ0n) is 13.1. The van der Waals surface area contributed by atoms with Crippen molar-refractivity contribution in [3.8, 4) is 0 Å². The summed E-state index contributed by atoms with van der Waals surface area (Å²) >= 11 is 0. The summed E-state index contributed by atoms with van der Waals surface area (Å²) in [6.45, 7) is 2.01. The molecule has 114 valence electrons. The number of benzene rings is 2. The summed E-state index contributed by atoms with van der Waals surface area (Å²) in [5.41, 5.74) is 2.89. The van der Waals surface area contributed by atoms with Crippen LogP contribution >= 0.6 is 0 Å². The van der Waals surface area contributed by atoms with Crippen molar-refractivity contribution in [2.24, 2.45) is 0 Å². The average Bonchev–Trinajstić information content (AvgIpc) is 2.91. The van der Waals surface area contributed by atoms with Crippen LogP contribution in [0.15, 0.2) is 78.4 Å². The molecule has 0 amide bonds. The molecule has 1 aromatic heterocycles. The summed E-state index contributed by atoms with van der Waals surface area (Å²) in [4.78, 5) is 4.82. The molecule has 2 nitrogen and oxygen atoms in total. The van der Waals surface area contributed by atoms with E-state index in [1.807, 2.05) is 61.5 Å². The summed E-state index contributed by atoms with van der Waals surface area (Å²) in [5.74, 6) is -0.0468. The summed E-state index contributed by atoms with van der Waals surface area (Å²) < 4.78 is 0. The Labute approximate surface area is 136 Å². The van der Waals surface area contributed by atoms with Gasteiger partial charge in [-0.15, -0.1) is 0 Å². The Morgan fingerprint density at radius 1 is 0.957 bits per heavy atom. The first-order valence-corrected chi connectivity index (χ1v) is 8.00. The molecule has 4 rings (SSSR count). The zero-order chi connectivity index (χ0) is 15.9. The van der Waals surface area contributed by atoms with Gasteiger partial charge < -0.3 is 5.11 Å².